The third kappa shape index (κ3) is 3.48. The molecule has 1 rings (SSSR count). The van der Waals surface area contributed by atoms with Crippen molar-refractivity contribution in [2.45, 2.75) is 11.3 Å². The molecule has 0 saturated carbocycles. The van der Waals surface area contributed by atoms with E-state index in [0.717, 1.165) is 0 Å². The highest BCUT2D eigenvalue weighted by Gasteiger charge is 2.10. The maximum atomic E-state index is 11.4. The molecule has 0 unspecified atom stereocenters. The van der Waals surface area contributed by atoms with Gasteiger partial charge in [-0.2, -0.15) is 0 Å². The van der Waals surface area contributed by atoms with E-state index in [1.165, 1.54) is 19.2 Å². The average Bonchev–Trinajstić information content (AvgIpc) is 2.30. The minimum atomic E-state index is -3.39. The molecule has 0 heterocycles. The van der Waals surface area contributed by atoms with Crippen molar-refractivity contribution in [3.8, 4) is 5.75 Å². The average molecular weight is 245 g/mol. The fourth-order valence-corrected chi connectivity index (χ4v) is 1.82. The van der Waals surface area contributed by atoms with Crippen LogP contribution in [0.15, 0.2) is 29.2 Å². The van der Waals surface area contributed by atoms with E-state index in [9.17, 15) is 8.42 Å². The van der Waals surface area contributed by atoms with E-state index in [0.29, 0.717) is 18.8 Å². The molecule has 6 heteroatoms. The van der Waals surface area contributed by atoms with Gasteiger partial charge in [-0.15, -0.1) is 0 Å². The monoisotopic (exact) mass is 245 g/mol. The summed E-state index contributed by atoms with van der Waals surface area (Å²) < 4.78 is 30.3. The van der Waals surface area contributed by atoms with Gasteiger partial charge >= 0.3 is 0 Å². The molecule has 0 aliphatic carbocycles. The van der Waals surface area contributed by atoms with Crippen LogP contribution in [-0.2, 0) is 10.0 Å². The summed E-state index contributed by atoms with van der Waals surface area (Å²) in [5.74, 6) is 0.587. The Bertz CT molecular complexity index is 413. The van der Waals surface area contributed by atoms with Crippen LogP contribution < -0.4 is 9.46 Å². The van der Waals surface area contributed by atoms with Crippen molar-refractivity contribution in [1.82, 2.24) is 4.72 Å². The van der Waals surface area contributed by atoms with E-state index < -0.39 is 10.0 Å². The molecule has 0 amide bonds. The van der Waals surface area contributed by atoms with Crippen LogP contribution in [0.2, 0.25) is 0 Å². The first-order valence-corrected chi connectivity index (χ1v) is 6.36. The second-order valence-electron chi connectivity index (χ2n) is 3.10. The SMILES string of the molecule is CNS(=O)(=O)c1ccc(OCCCO)cc1. The molecule has 0 spiro atoms. The van der Waals surface area contributed by atoms with Crippen molar-refractivity contribution in [3.05, 3.63) is 24.3 Å². The number of nitrogens with one attached hydrogen (secondary N) is 1. The Hall–Kier alpha value is -1.11. The Kier molecular flexibility index (Phi) is 4.72. The van der Waals surface area contributed by atoms with Crippen molar-refractivity contribution >= 4 is 10.0 Å². The minimum Gasteiger partial charge on any atom is -0.494 e. The molecule has 0 bridgehead atoms. The molecule has 16 heavy (non-hydrogen) atoms. The van der Waals surface area contributed by atoms with Crippen molar-refractivity contribution in [2.75, 3.05) is 20.3 Å². The zero-order valence-corrected chi connectivity index (χ0v) is 9.83. The van der Waals surface area contributed by atoms with Crippen LogP contribution in [-0.4, -0.2) is 33.8 Å². The van der Waals surface area contributed by atoms with Gasteiger partial charge in [0, 0.05) is 13.0 Å². The number of sulfonamides is 1. The molecular weight excluding hydrogens is 230 g/mol. The van der Waals surface area contributed by atoms with Crippen molar-refractivity contribution < 1.29 is 18.3 Å². The molecule has 0 fully saturated rings. The Morgan fingerprint density at radius 2 is 1.94 bits per heavy atom. The van der Waals surface area contributed by atoms with E-state index in [4.69, 9.17) is 9.84 Å². The summed E-state index contributed by atoms with van der Waals surface area (Å²) in [5, 5.41) is 8.56. The summed E-state index contributed by atoms with van der Waals surface area (Å²) in [7, 11) is -2.02. The summed E-state index contributed by atoms with van der Waals surface area (Å²) in [6.07, 6.45) is 0.552. The van der Waals surface area contributed by atoms with Gasteiger partial charge in [0.05, 0.1) is 11.5 Å². The van der Waals surface area contributed by atoms with Crippen LogP contribution >= 0.6 is 0 Å². The standard InChI is InChI=1S/C10H15NO4S/c1-11-16(13,14)10-5-3-9(4-6-10)15-8-2-7-12/h3-6,11-12H,2,7-8H2,1H3. The van der Waals surface area contributed by atoms with Crippen LogP contribution in [0.4, 0.5) is 0 Å². The van der Waals surface area contributed by atoms with Crippen LogP contribution in [0.5, 0.6) is 5.75 Å². The number of hydrogen-bond acceptors (Lipinski definition) is 4. The smallest absolute Gasteiger partial charge is 0.240 e. The lowest BCUT2D eigenvalue weighted by Crippen LogP contribution is -2.18. The highest BCUT2D eigenvalue weighted by atomic mass is 32.2. The fraction of sp³-hybridized carbons (Fsp3) is 0.400. The number of rotatable bonds is 6. The number of ether oxygens (including phenoxy) is 1. The lowest BCUT2D eigenvalue weighted by atomic mass is 10.3. The van der Waals surface area contributed by atoms with Crippen molar-refractivity contribution in [3.63, 3.8) is 0 Å². The van der Waals surface area contributed by atoms with Gasteiger partial charge in [0.15, 0.2) is 0 Å². The summed E-state index contributed by atoms with van der Waals surface area (Å²) in [5.41, 5.74) is 0. The molecule has 0 aliphatic rings. The predicted molar refractivity (Wildman–Crippen MR) is 59.9 cm³/mol. The lowest BCUT2D eigenvalue weighted by molar-refractivity contribution is 0.233. The fourth-order valence-electron chi connectivity index (χ4n) is 1.09. The van der Waals surface area contributed by atoms with E-state index in [1.54, 1.807) is 12.1 Å². The first kappa shape index (κ1) is 13.0. The zero-order valence-electron chi connectivity index (χ0n) is 9.01. The quantitative estimate of drug-likeness (QED) is 0.709. The molecule has 1 aromatic carbocycles. The molecule has 0 aromatic heterocycles. The second-order valence-corrected chi connectivity index (χ2v) is 4.99. The predicted octanol–water partition coefficient (Wildman–Crippen LogP) is 0.356. The van der Waals surface area contributed by atoms with Crippen LogP contribution in [0, 0.1) is 0 Å². The van der Waals surface area contributed by atoms with Gasteiger partial charge in [-0.3, -0.25) is 0 Å². The summed E-state index contributed by atoms with van der Waals surface area (Å²) >= 11 is 0. The molecule has 5 nitrogen and oxygen atoms in total. The van der Waals surface area contributed by atoms with E-state index in [2.05, 4.69) is 4.72 Å². The summed E-state index contributed by atoms with van der Waals surface area (Å²) in [4.78, 5) is 0.199. The highest BCUT2D eigenvalue weighted by molar-refractivity contribution is 7.89. The summed E-state index contributed by atoms with van der Waals surface area (Å²) in [6, 6.07) is 6.11. The molecule has 0 atom stereocenters. The molecule has 0 radical (unpaired) electrons. The van der Waals surface area contributed by atoms with Gasteiger partial charge < -0.3 is 9.84 Å². The molecule has 0 aliphatic heterocycles. The van der Waals surface area contributed by atoms with E-state index >= 15 is 0 Å². The molecule has 90 valence electrons. The van der Waals surface area contributed by atoms with Crippen LogP contribution in [0.25, 0.3) is 0 Å². The Balaban J connectivity index is 2.68. The topological polar surface area (TPSA) is 75.6 Å². The Labute approximate surface area is 95.1 Å². The molecular formula is C10H15NO4S. The third-order valence-corrected chi connectivity index (χ3v) is 3.40. The maximum Gasteiger partial charge on any atom is 0.240 e. The first-order valence-electron chi connectivity index (χ1n) is 4.87. The Morgan fingerprint density at radius 3 is 2.44 bits per heavy atom. The van der Waals surface area contributed by atoms with Gasteiger partial charge in [-0.05, 0) is 31.3 Å². The number of aliphatic hydroxyl groups excluding tert-OH is 1. The molecule has 1 aromatic rings. The van der Waals surface area contributed by atoms with Gasteiger partial charge in [0.1, 0.15) is 5.75 Å². The second kappa shape index (κ2) is 5.83. The van der Waals surface area contributed by atoms with Gasteiger partial charge in [0.25, 0.3) is 0 Å². The lowest BCUT2D eigenvalue weighted by Gasteiger charge is -2.06. The number of hydrogen-bond donors (Lipinski definition) is 2. The van der Waals surface area contributed by atoms with Crippen LogP contribution in [0.1, 0.15) is 6.42 Å². The third-order valence-electron chi connectivity index (χ3n) is 1.97. The largest absolute Gasteiger partial charge is 0.494 e. The zero-order chi connectivity index (χ0) is 12.0. The van der Waals surface area contributed by atoms with E-state index in [-0.39, 0.29) is 11.5 Å². The van der Waals surface area contributed by atoms with Gasteiger partial charge in [-0.1, -0.05) is 0 Å². The minimum absolute atomic E-state index is 0.0756. The van der Waals surface area contributed by atoms with Crippen LogP contribution in [0.3, 0.4) is 0 Å². The van der Waals surface area contributed by atoms with Crippen molar-refractivity contribution in [2.24, 2.45) is 0 Å². The van der Waals surface area contributed by atoms with E-state index in [1.807, 2.05) is 0 Å². The number of aliphatic hydroxyl groups is 1. The first-order chi connectivity index (χ1) is 7.60. The normalized spacial score (nSPS) is 11.4. The summed E-state index contributed by atoms with van der Waals surface area (Å²) in [6.45, 7) is 0.487. The molecule has 0 saturated heterocycles. The van der Waals surface area contributed by atoms with Gasteiger partial charge in [0.2, 0.25) is 10.0 Å². The van der Waals surface area contributed by atoms with Gasteiger partial charge in [-0.25, -0.2) is 13.1 Å². The number of benzene rings is 1. The molecule has 2 N–H and O–H groups in total. The maximum absolute atomic E-state index is 11.4. The van der Waals surface area contributed by atoms with Crippen molar-refractivity contribution in [1.29, 1.82) is 0 Å². The Morgan fingerprint density at radius 1 is 1.31 bits per heavy atom. The highest BCUT2D eigenvalue weighted by Crippen LogP contribution is 2.15.